The van der Waals surface area contributed by atoms with Crippen LogP contribution in [0.2, 0.25) is 0 Å². The summed E-state index contributed by atoms with van der Waals surface area (Å²) >= 11 is 0. The maximum absolute atomic E-state index is 14.3. The smallest absolute Gasteiger partial charge is 0.419 e. The predicted octanol–water partition coefficient (Wildman–Crippen LogP) is 6.45. The summed E-state index contributed by atoms with van der Waals surface area (Å²) in [6.45, 7) is 3.60. The van der Waals surface area contributed by atoms with Gasteiger partial charge in [-0.15, -0.1) is 0 Å². The lowest BCUT2D eigenvalue weighted by Crippen LogP contribution is -2.56. The van der Waals surface area contributed by atoms with Crippen LogP contribution in [0.25, 0.3) is 21.8 Å². The van der Waals surface area contributed by atoms with Crippen LogP contribution < -0.4 is 15.8 Å². The number of alkyl halides is 3. The molecule has 3 aromatic carbocycles. The number of anilines is 2. The van der Waals surface area contributed by atoms with Crippen molar-refractivity contribution in [2.24, 2.45) is 0 Å². The summed E-state index contributed by atoms with van der Waals surface area (Å²) in [7, 11) is 0. The molecule has 3 unspecified atom stereocenters. The molecule has 44 heavy (non-hydrogen) atoms. The van der Waals surface area contributed by atoms with Crippen LogP contribution in [0, 0.1) is 25.5 Å². The van der Waals surface area contributed by atoms with Crippen molar-refractivity contribution in [1.29, 1.82) is 0 Å². The van der Waals surface area contributed by atoms with E-state index in [1.165, 1.54) is 30.6 Å². The molecule has 3 atom stereocenters. The Kier molecular flexibility index (Phi) is 7.23. The number of aliphatic hydroxyl groups is 1. The van der Waals surface area contributed by atoms with Crippen molar-refractivity contribution in [2.45, 2.75) is 50.4 Å². The van der Waals surface area contributed by atoms with Gasteiger partial charge in [0, 0.05) is 40.1 Å². The van der Waals surface area contributed by atoms with Crippen molar-refractivity contribution in [3.05, 3.63) is 89.3 Å². The number of hydrogen-bond acceptors (Lipinski definition) is 8. The Bertz CT molecular complexity index is 1900. The van der Waals surface area contributed by atoms with E-state index in [1.54, 1.807) is 32.0 Å². The highest BCUT2D eigenvalue weighted by Gasteiger charge is 2.62. The van der Waals surface area contributed by atoms with Crippen LogP contribution in [-0.2, 0) is 0 Å². The molecule has 4 N–H and O–H groups in total. The number of halogens is 5. The summed E-state index contributed by atoms with van der Waals surface area (Å²) in [6.07, 6.45) is -2.08. The zero-order valence-electron chi connectivity index (χ0n) is 23.6. The monoisotopic (exact) mass is 610 g/mol. The minimum Gasteiger partial charge on any atom is -0.493 e. The fraction of sp³-hybridized carbons (Fsp3) is 0.290. The predicted molar refractivity (Wildman–Crippen MR) is 154 cm³/mol. The van der Waals surface area contributed by atoms with E-state index in [0.29, 0.717) is 52.6 Å². The average molecular weight is 611 g/mol. The molecule has 0 spiro atoms. The molecule has 0 amide bonds. The number of hydrogen-bond donors (Lipinski definition) is 3. The largest absolute Gasteiger partial charge is 0.493 e. The highest BCUT2D eigenvalue weighted by atomic mass is 19.4. The van der Waals surface area contributed by atoms with Crippen LogP contribution in [0.4, 0.5) is 33.3 Å². The molecule has 7 rings (SSSR count). The summed E-state index contributed by atoms with van der Waals surface area (Å²) in [5.74, 6) is -0.0311. The third kappa shape index (κ3) is 5.00. The Hall–Kier alpha value is -4.65. The lowest BCUT2D eigenvalue weighted by molar-refractivity contribution is -0.273. The standard InChI is InChI=1S/C22H19F4N3O2.C9H8FN3/c1-11-27-10-14-16(6-5-15(23)19(14)28-11)29-20-13-3-2-4-17-18(13)12(7-8-31-17)9-21(20,30)22(24,25)26;1-5-12-4-6-8(11)3-2-7(10)9(6)13-5/h2-6,10,12,20,29-30H,7-9H2,1H3;2-4H,11H2,1H3. The van der Waals surface area contributed by atoms with Crippen LogP contribution in [0.15, 0.2) is 54.9 Å². The SMILES string of the molecule is Cc1ncc2c(N)ccc(F)c2n1.Cc1ncc2c(NC3c4cccc5c4C(CCO5)CC3(O)C(F)(F)F)ccc(F)c2n1. The molecule has 5 aromatic rings. The molecule has 0 fully saturated rings. The van der Waals surface area contributed by atoms with E-state index in [0.717, 1.165) is 6.07 Å². The first-order chi connectivity index (χ1) is 20.9. The summed E-state index contributed by atoms with van der Waals surface area (Å²) in [6, 6.07) is 8.69. The van der Waals surface area contributed by atoms with Gasteiger partial charge in [0.15, 0.2) is 5.60 Å². The third-order valence-electron chi connectivity index (χ3n) is 8.05. The van der Waals surface area contributed by atoms with Gasteiger partial charge >= 0.3 is 6.18 Å². The van der Waals surface area contributed by atoms with Crippen LogP contribution in [-0.4, -0.2) is 43.4 Å². The molecular formula is C31H27F5N6O2. The van der Waals surface area contributed by atoms with Gasteiger partial charge in [-0.1, -0.05) is 12.1 Å². The lowest BCUT2D eigenvalue weighted by Gasteiger charge is -2.47. The molecule has 1 aliphatic heterocycles. The summed E-state index contributed by atoms with van der Waals surface area (Å²) < 4.78 is 75.8. The van der Waals surface area contributed by atoms with Gasteiger partial charge in [-0.2, -0.15) is 13.2 Å². The number of nitrogen functional groups attached to an aromatic ring is 1. The summed E-state index contributed by atoms with van der Waals surface area (Å²) in [5, 5.41) is 14.7. The van der Waals surface area contributed by atoms with E-state index in [-0.39, 0.29) is 27.9 Å². The highest BCUT2D eigenvalue weighted by molar-refractivity contribution is 5.91. The topological polar surface area (TPSA) is 119 Å². The number of nitrogens with zero attached hydrogens (tertiary/aromatic N) is 4. The highest BCUT2D eigenvalue weighted by Crippen LogP contribution is 2.56. The first-order valence-corrected chi connectivity index (χ1v) is 13.8. The van der Waals surface area contributed by atoms with Gasteiger partial charge in [-0.3, -0.25) is 0 Å². The minimum absolute atomic E-state index is 0.000147. The number of aromatic nitrogens is 4. The zero-order valence-corrected chi connectivity index (χ0v) is 23.6. The van der Waals surface area contributed by atoms with Crippen molar-refractivity contribution in [3.8, 4) is 5.75 Å². The molecule has 13 heteroatoms. The van der Waals surface area contributed by atoms with Crippen LogP contribution in [0.5, 0.6) is 5.75 Å². The van der Waals surface area contributed by atoms with Gasteiger partial charge in [-0.25, -0.2) is 28.7 Å². The first kappa shape index (κ1) is 29.4. The normalized spacial score (nSPS) is 20.8. The number of nitrogens with two attached hydrogens (primary N) is 1. The number of fused-ring (bicyclic) bond motifs is 2. The fourth-order valence-corrected chi connectivity index (χ4v) is 5.91. The lowest BCUT2D eigenvalue weighted by atomic mass is 9.68. The van der Waals surface area contributed by atoms with E-state index < -0.39 is 36.0 Å². The number of aryl methyl sites for hydroxylation is 2. The number of ether oxygens (including phenoxy) is 1. The van der Waals surface area contributed by atoms with Gasteiger partial charge in [0.2, 0.25) is 0 Å². The Labute approximate surface area is 248 Å². The van der Waals surface area contributed by atoms with Gasteiger partial charge in [-0.05, 0) is 68.5 Å². The van der Waals surface area contributed by atoms with E-state index in [4.69, 9.17) is 10.5 Å². The van der Waals surface area contributed by atoms with Crippen molar-refractivity contribution in [3.63, 3.8) is 0 Å². The molecule has 0 saturated carbocycles. The van der Waals surface area contributed by atoms with E-state index in [1.807, 2.05) is 0 Å². The molecule has 0 saturated heterocycles. The molecule has 2 aliphatic rings. The molecule has 228 valence electrons. The van der Waals surface area contributed by atoms with Crippen molar-refractivity contribution in [1.82, 2.24) is 19.9 Å². The van der Waals surface area contributed by atoms with Crippen molar-refractivity contribution < 1.29 is 31.8 Å². The maximum atomic E-state index is 14.3. The zero-order chi connectivity index (χ0) is 31.4. The molecule has 0 bridgehead atoms. The molecule has 3 heterocycles. The van der Waals surface area contributed by atoms with Gasteiger partial charge in [0.05, 0.1) is 12.6 Å². The maximum Gasteiger partial charge on any atom is 0.419 e. The number of rotatable bonds is 2. The molecule has 8 nitrogen and oxygen atoms in total. The molecular weight excluding hydrogens is 583 g/mol. The summed E-state index contributed by atoms with van der Waals surface area (Å²) in [5.41, 5.74) is 4.59. The van der Waals surface area contributed by atoms with Crippen LogP contribution in [0.3, 0.4) is 0 Å². The summed E-state index contributed by atoms with van der Waals surface area (Å²) in [4.78, 5) is 16.1. The van der Waals surface area contributed by atoms with Crippen LogP contribution >= 0.6 is 0 Å². The second-order valence-electron chi connectivity index (χ2n) is 10.9. The molecule has 0 radical (unpaired) electrons. The molecule has 1 aliphatic carbocycles. The molecule has 2 aromatic heterocycles. The van der Waals surface area contributed by atoms with Gasteiger partial charge in [0.25, 0.3) is 0 Å². The fourth-order valence-electron chi connectivity index (χ4n) is 5.91. The third-order valence-corrected chi connectivity index (χ3v) is 8.05. The van der Waals surface area contributed by atoms with E-state index >= 15 is 0 Å². The minimum atomic E-state index is -4.89. The second kappa shape index (κ2) is 10.8. The first-order valence-electron chi connectivity index (χ1n) is 13.8. The Morgan fingerprint density at radius 3 is 2.25 bits per heavy atom. The second-order valence-corrected chi connectivity index (χ2v) is 10.9. The number of benzene rings is 3. The van der Waals surface area contributed by atoms with E-state index in [9.17, 15) is 27.1 Å². The quantitative estimate of drug-likeness (QED) is 0.154. The number of nitrogens with one attached hydrogen (secondary N) is 1. The van der Waals surface area contributed by atoms with Crippen molar-refractivity contribution in [2.75, 3.05) is 17.7 Å². The Morgan fingerprint density at radius 2 is 1.57 bits per heavy atom. The average Bonchev–Trinajstić information content (AvgIpc) is 2.98. The Balaban J connectivity index is 0.000000220. The van der Waals surface area contributed by atoms with E-state index in [2.05, 4.69) is 25.3 Å². The van der Waals surface area contributed by atoms with Crippen molar-refractivity contribution >= 4 is 33.2 Å². The van der Waals surface area contributed by atoms with Gasteiger partial charge < -0.3 is 20.9 Å². The Morgan fingerprint density at radius 1 is 0.932 bits per heavy atom. The van der Waals surface area contributed by atoms with Gasteiger partial charge in [0.1, 0.15) is 40.1 Å². The van der Waals surface area contributed by atoms with Crippen LogP contribution in [0.1, 0.15) is 47.6 Å².